The van der Waals surface area contributed by atoms with Crippen LogP contribution in [-0.2, 0) is 6.54 Å². The summed E-state index contributed by atoms with van der Waals surface area (Å²) in [5, 5.41) is 16.3. The van der Waals surface area contributed by atoms with Crippen molar-refractivity contribution in [2.45, 2.75) is 36.5 Å². The van der Waals surface area contributed by atoms with Crippen LogP contribution in [0, 0.1) is 5.82 Å². The van der Waals surface area contributed by atoms with Crippen molar-refractivity contribution in [3.63, 3.8) is 0 Å². The molecule has 0 bridgehead atoms. The highest BCUT2D eigenvalue weighted by molar-refractivity contribution is 7.99. The monoisotopic (exact) mass is 283 g/mol. The fourth-order valence-electron chi connectivity index (χ4n) is 1.77. The lowest BCUT2D eigenvalue weighted by Gasteiger charge is -2.12. The average molecular weight is 283 g/mol. The summed E-state index contributed by atoms with van der Waals surface area (Å²) in [7, 11) is 0. The van der Waals surface area contributed by atoms with Crippen LogP contribution in [0.2, 0.25) is 0 Å². The number of hydrogen-bond donors (Lipinski definition) is 2. The normalized spacial score (nSPS) is 12.6. The van der Waals surface area contributed by atoms with Crippen LogP contribution in [0.5, 0.6) is 0 Å². The maximum absolute atomic E-state index is 13.7. The third kappa shape index (κ3) is 2.71. The molecular formula is C12H14FN3O2S. The molecule has 0 spiro atoms. The molecule has 1 atom stereocenters. The number of aliphatic hydroxyl groups excluding tert-OH is 1. The summed E-state index contributed by atoms with van der Waals surface area (Å²) < 4.78 is 15.2. The number of aromatic amines is 1. The number of nitrogens with one attached hydrogen (secondary N) is 1. The highest BCUT2D eigenvalue weighted by Crippen LogP contribution is 2.33. The maximum Gasteiger partial charge on any atom is 0.343 e. The quantitative estimate of drug-likeness (QED) is 0.899. The predicted molar refractivity (Wildman–Crippen MR) is 69.7 cm³/mol. The molecule has 0 aliphatic carbocycles. The predicted octanol–water partition coefficient (Wildman–Crippen LogP) is 1.93. The van der Waals surface area contributed by atoms with Gasteiger partial charge in [-0.2, -0.15) is 0 Å². The SMILES string of the molecule is CCn1c(Sc2cccc(F)c2[C@@H](C)O)n[nH]c1=O. The van der Waals surface area contributed by atoms with E-state index in [-0.39, 0.29) is 11.3 Å². The van der Waals surface area contributed by atoms with Crippen molar-refractivity contribution in [1.82, 2.24) is 14.8 Å². The lowest BCUT2D eigenvalue weighted by atomic mass is 10.1. The lowest BCUT2D eigenvalue weighted by Crippen LogP contribution is -2.16. The Hall–Kier alpha value is -1.60. The Labute approximate surface area is 113 Å². The molecule has 0 amide bonds. The number of rotatable bonds is 4. The summed E-state index contributed by atoms with van der Waals surface area (Å²) in [4.78, 5) is 12.0. The van der Waals surface area contributed by atoms with Gasteiger partial charge < -0.3 is 5.11 Å². The third-order valence-electron chi connectivity index (χ3n) is 2.67. The van der Waals surface area contributed by atoms with E-state index in [1.807, 2.05) is 6.92 Å². The highest BCUT2D eigenvalue weighted by Gasteiger charge is 2.17. The van der Waals surface area contributed by atoms with E-state index in [9.17, 15) is 14.3 Å². The van der Waals surface area contributed by atoms with E-state index in [1.54, 1.807) is 12.1 Å². The van der Waals surface area contributed by atoms with Crippen LogP contribution < -0.4 is 5.69 Å². The van der Waals surface area contributed by atoms with E-state index < -0.39 is 11.9 Å². The van der Waals surface area contributed by atoms with Crippen LogP contribution >= 0.6 is 11.8 Å². The van der Waals surface area contributed by atoms with Crippen molar-refractivity contribution in [3.8, 4) is 0 Å². The van der Waals surface area contributed by atoms with Crippen LogP contribution in [0.4, 0.5) is 4.39 Å². The van der Waals surface area contributed by atoms with Crippen molar-refractivity contribution in [2.24, 2.45) is 0 Å². The molecule has 1 heterocycles. The molecule has 1 aromatic carbocycles. The number of H-pyrrole nitrogens is 1. The van der Waals surface area contributed by atoms with Gasteiger partial charge in [-0.1, -0.05) is 6.07 Å². The van der Waals surface area contributed by atoms with Crippen LogP contribution in [-0.4, -0.2) is 19.9 Å². The second-order valence-electron chi connectivity index (χ2n) is 3.99. The van der Waals surface area contributed by atoms with Gasteiger partial charge in [0.15, 0.2) is 5.16 Å². The molecule has 1 aromatic heterocycles. The summed E-state index contributed by atoms with van der Waals surface area (Å²) in [6.07, 6.45) is -0.926. The second-order valence-corrected chi connectivity index (χ2v) is 4.99. The Kier molecular flexibility index (Phi) is 4.06. The minimum atomic E-state index is -0.926. The van der Waals surface area contributed by atoms with Gasteiger partial charge in [0, 0.05) is 17.0 Å². The van der Waals surface area contributed by atoms with Gasteiger partial charge in [0.05, 0.1) is 6.10 Å². The molecule has 2 rings (SSSR count). The summed E-state index contributed by atoms with van der Waals surface area (Å²) in [5.41, 5.74) is -0.0920. The first-order valence-corrected chi connectivity index (χ1v) is 6.65. The summed E-state index contributed by atoms with van der Waals surface area (Å²) in [6.45, 7) is 3.79. The van der Waals surface area contributed by atoms with E-state index in [4.69, 9.17) is 0 Å². The first-order chi connectivity index (χ1) is 9.04. The van der Waals surface area contributed by atoms with Crippen molar-refractivity contribution in [2.75, 3.05) is 0 Å². The van der Waals surface area contributed by atoms with Gasteiger partial charge in [-0.25, -0.2) is 14.3 Å². The van der Waals surface area contributed by atoms with E-state index in [0.29, 0.717) is 16.6 Å². The standard InChI is InChI=1S/C12H14FN3O2S/c1-3-16-11(18)14-15-12(16)19-9-6-4-5-8(13)10(9)7(2)17/h4-7,17H,3H2,1-2H3,(H,14,18)/t7-/m1/s1. The summed E-state index contributed by atoms with van der Waals surface area (Å²) >= 11 is 1.15. The van der Waals surface area contributed by atoms with Crippen LogP contribution in [0.15, 0.2) is 33.0 Å². The minimum absolute atomic E-state index is 0.214. The number of aromatic nitrogens is 3. The molecule has 0 unspecified atom stereocenters. The molecule has 102 valence electrons. The largest absolute Gasteiger partial charge is 0.389 e. The Morgan fingerprint density at radius 2 is 2.32 bits per heavy atom. The molecule has 0 radical (unpaired) electrons. The lowest BCUT2D eigenvalue weighted by molar-refractivity contribution is 0.191. The number of halogens is 1. The van der Waals surface area contributed by atoms with E-state index in [1.165, 1.54) is 17.6 Å². The van der Waals surface area contributed by atoms with E-state index in [0.717, 1.165) is 11.8 Å². The number of aliphatic hydroxyl groups is 1. The zero-order valence-electron chi connectivity index (χ0n) is 10.6. The smallest absolute Gasteiger partial charge is 0.343 e. The Bertz CT molecular complexity index is 636. The van der Waals surface area contributed by atoms with Gasteiger partial charge >= 0.3 is 5.69 Å². The fourth-order valence-corrected chi connectivity index (χ4v) is 2.90. The van der Waals surface area contributed by atoms with Gasteiger partial charge in [-0.15, -0.1) is 5.10 Å². The van der Waals surface area contributed by atoms with Crippen molar-refractivity contribution < 1.29 is 9.50 Å². The molecule has 7 heteroatoms. The van der Waals surface area contributed by atoms with Crippen molar-refractivity contribution >= 4 is 11.8 Å². The van der Waals surface area contributed by atoms with Gasteiger partial charge in [-0.05, 0) is 37.7 Å². The molecule has 2 N–H and O–H groups in total. The van der Waals surface area contributed by atoms with Gasteiger partial charge in [0.2, 0.25) is 0 Å². The van der Waals surface area contributed by atoms with Crippen LogP contribution in [0.1, 0.15) is 25.5 Å². The average Bonchev–Trinajstić information content (AvgIpc) is 2.69. The molecule has 0 fully saturated rings. The summed E-state index contributed by atoms with van der Waals surface area (Å²) in [6, 6.07) is 4.54. The topological polar surface area (TPSA) is 70.9 Å². The number of benzene rings is 1. The first-order valence-electron chi connectivity index (χ1n) is 5.84. The fraction of sp³-hybridized carbons (Fsp3) is 0.333. The van der Waals surface area contributed by atoms with Crippen molar-refractivity contribution in [1.29, 1.82) is 0 Å². The second kappa shape index (κ2) is 5.58. The molecule has 0 saturated heterocycles. The zero-order chi connectivity index (χ0) is 14.0. The molecule has 0 saturated carbocycles. The van der Waals surface area contributed by atoms with Gasteiger partial charge in [0.25, 0.3) is 0 Å². The summed E-state index contributed by atoms with van der Waals surface area (Å²) in [5.74, 6) is -0.471. The first kappa shape index (κ1) is 13.8. The molecule has 0 aliphatic heterocycles. The maximum atomic E-state index is 13.7. The van der Waals surface area contributed by atoms with E-state index in [2.05, 4.69) is 10.2 Å². The van der Waals surface area contributed by atoms with Crippen molar-refractivity contribution in [3.05, 3.63) is 40.1 Å². The van der Waals surface area contributed by atoms with Crippen LogP contribution in [0.25, 0.3) is 0 Å². The number of nitrogens with zero attached hydrogens (tertiary/aromatic N) is 2. The van der Waals surface area contributed by atoms with Crippen LogP contribution in [0.3, 0.4) is 0 Å². The Morgan fingerprint density at radius 3 is 2.95 bits per heavy atom. The third-order valence-corrected chi connectivity index (χ3v) is 3.74. The molecule has 19 heavy (non-hydrogen) atoms. The zero-order valence-corrected chi connectivity index (χ0v) is 11.4. The molecular weight excluding hydrogens is 269 g/mol. The molecule has 5 nitrogen and oxygen atoms in total. The Balaban J connectivity index is 2.44. The van der Waals surface area contributed by atoms with Gasteiger partial charge in [-0.3, -0.25) is 4.57 Å². The Morgan fingerprint density at radius 1 is 1.58 bits per heavy atom. The number of hydrogen-bond acceptors (Lipinski definition) is 4. The minimum Gasteiger partial charge on any atom is -0.389 e. The van der Waals surface area contributed by atoms with Gasteiger partial charge in [0.1, 0.15) is 5.82 Å². The highest BCUT2D eigenvalue weighted by atomic mass is 32.2. The van der Waals surface area contributed by atoms with E-state index >= 15 is 0 Å². The molecule has 2 aromatic rings. The molecule has 0 aliphatic rings.